The van der Waals surface area contributed by atoms with Crippen molar-refractivity contribution in [3.05, 3.63) is 24.0 Å². The molecule has 1 atom stereocenters. The summed E-state index contributed by atoms with van der Waals surface area (Å²) in [7, 11) is 0. The number of rotatable bonds is 1. The van der Waals surface area contributed by atoms with Crippen LogP contribution in [-0.4, -0.2) is 29.1 Å². The first-order valence-corrected chi connectivity index (χ1v) is 6.20. The lowest BCUT2D eigenvalue weighted by atomic mass is 10.1. The molecule has 0 amide bonds. The summed E-state index contributed by atoms with van der Waals surface area (Å²) >= 11 is 0. The Kier molecular flexibility index (Phi) is 2.52. The zero-order valence-electron chi connectivity index (χ0n) is 10.1. The first-order chi connectivity index (χ1) is 8.24. The van der Waals surface area contributed by atoms with Crippen molar-refractivity contribution in [2.75, 3.05) is 18.0 Å². The van der Waals surface area contributed by atoms with E-state index < -0.39 is 0 Å². The number of aromatic nitrogens is 2. The summed E-state index contributed by atoms with van der Waals surface area (Å²) in [5, 5.41) is 0. The molecule has 1 unspecified atom stereocenters. The topological polar surface area (TPSA) is 57.9 Å². The molecule has 0 bridgehead atoms. The third-order valence-electron chi connectivity index (χ3n) is 3.41. The molecule has 2 heterocycles. The van der Waals surface area contributed by atoms with Gasteiger partial charge in [0.1, 0.15) is 11.3 Å². The fourth-order valence-electron chi connectivity index (χ4n) is 2.62. The lowest BCUT2D eigenvalue weighted by Gasteiger charge is -2.32. The minimum atomic E-state index is 0.291. The molecule has 0 saturated carbocycles. The third kappa shape index (κ3) is 1.89. The Morgan fingerprint density at radius 3 is 3.18 bits per heavy atom. The zero-order valence-corrected chi connectivity index (χ0v) is 10.1. The molecule has 1 aliphatic heterocycles. The zero-order chi connectivity index (χ0) is 11.8. The number of aromatic amines is 1. The molecule has 0 radical (unpaired) electrons. The van der Waals surface area contributed by atoms with Crippen LogP contribution in [0.3, 0.4) is 0 Å². The standard InChI is InChI=1S/C13H18N4/c1-9-15-11-5-2-6-12(13(11)16-9)17-7-3-4-10(14)8-17/h2,5-6,10H,3-4,7-8,14H2,1H3,(H,15,16). The minimum absolute atomic E-state index is 0.291. The maximum Gasteiger partial charge on any atom is 0.112 e. The van der Waals surface area contributed by atoms with E-state index in [-0.39, 0.29) is 0 Å². The van der Waals surface area contributed by atoms with Gasteiger partial charge < -0.3 is 15.6 Å². The Balaban J connectivity index is 2.04. The maximum absolute atomic E-state index is 6.04. The number of hydrogen-bond donors (Lipinski definition) is 2. The Labute approximate surface area is 101 Å². The van der Waals surface area contributed by atoms with Crippen LogP contribution in [0.5, 0.6) is 0 Å². The van der Waals surface area contributed by atoms with Crippen LogP contribution in [0.4, 0.5) is 5.69 Å². The number of benzene rings is 1. The molecular formula is C13H18N4. The van der Waals surface area contributed by atoms with Crippen molar-refractivity contribution in [3.8, 4) is 0 Å². The molecule has 1 saturated heterocycles. The molecule has 2 aromatic rings. The van der Waals surface area contributed by atoms with Gasteiger partial charge in [-0.05, 0) is 31.9 Å². The molecule has 4 heteroatoms. The van der Waals surface area contributed by atoms with E-state index >= 15 is 0 Å². The van der Waals surface area contributed by atoms with Gasteiger partial charge >= 0.3 is 0 Å². The molecule has 90 valence electrons. The van der Waals surface area contributed by atoms with Gasteiger partial charge in [-0.1, -0.05) is 6.07 Å². The predicted octanol–water partition coefficient (Wildman–Crippen LogP) is 1.80. The number of nitrogens with zero attached hydrogens (tertiary/aromatic N) is 2. The van der Waals surface area contributed by atoms with Gasteiger partial charge in [-0.25, -0.2) is 4.98 Å². The highest BCUT2D eigenvalue weighted by atomic mass is 15.2. The molecule has 3 rings (SSSR count). The number of imidazole rings is 1. The van der Waals surface area contributed by atoms with Gasteiger partial charge in [0, 0.05) is 19.1 Å². The van der Waals surface area contributed by atoms with E-state index in [0.717, 1.165) is 36.4 Å². The summed E-state index contributed by atoms with van der Waals surface area (Å²) in [6, 6.07) is 6.58. The van der Waals surface area contributed by atoms with Crippen molar-refractivity contribution < 1.29 is 0 Å². The summed E-state index contributed by atoms with van der Waals surface area (Å²) < 4.78 is 0. The number of anilines is 1. The van der Waals surface area contributed by atoms with E-state index in [0.29, 0.717) is 6.04 Å². The quantitative estimate of drug-likeness (QED) is 0.785. The number of H-pyrrole nitrogens is 1. The fraction of sp³-hybridized carbons (Fsp3) is 0.462. The number of para-hydroxylation sites is 1. The van der Waals surface area contributed by atoms with Gasteiger partial charge in [0.15, 0.2) is 0 Å². The average Bonchev–Trinajstić information content (AvgIpc) is 2.68. The smallest absolute Gasteiger partial charge is 0.112 e. The van der Waals surface area contributed by atoms with Crippen molar-refractivity contribution in [1.82, 2.24) is 9.97 Å². The van der Waals surface area contributed by atoms with Crippen LogP contribution in [0.1, 0.15) is 18.7 Å². The Hall–Kier alpha value is -1.55. The van der Waals surface area contributed by atoms with Gasteiger partial charge in [-0.2, -0.15) is 0 Å². The first kappa shape index (κ1) is 10.6. The van der Waals surface area contributed by atoms with Gasteiger partial charge in [0.05, 0.1) is 11.2 Å². The Morgan fingerprint density at radius 1 is 1.47 bits per heavy atom. The molecule has 0 aliphatic carbocycles. The van der Waals surface area contributed by atoms with Crippen molar-refractivity contribution in [3.63, 3.8) is 0 Å². The van der Waals surface area contributed by atoms with Crippen molar-refractivity contribution >= 4 is 16.7 Å². The van der Waals surface area contributed by atoms with Crippen LogP contribution in [0.15, 0.2) is 18.2 Å². The second-order valence-corrected chi connectivity index (χ2v) is 4.84. The van der Waals surface area contributed by atoms with E-state index in [1.807, 2.05) is 6.92 Å². The highest BCUT2D eigenvalue weighted by Crippen LogP contribution is 2.27. The van der Waals surface area contributed by atoms with Gasteiger partial charge in [0.25, 0.3) is 0 Å². The van der Waals surface area contributed by atoms with Gasteiger partial charge in [-0.3, -0.25) is 0 Å². The largest absolute Gasteiger partial charge is 0.368 e. The van der Waals surface area contributed by atoms with E-state index in [2.05, 4.69) is 33.1 Å². The SMILES string of the molecule is Cc1nc2c(N3CCCC(N)C3)cccc2[nH]1. The second kappa shape index (κ2) is 4.04. The lowest BCUT2D eigenvalue weighted by molar-refractivity contribution is 0.507. The van der Waals surface area contributed by atoms with E-state index in [9.17, 15) is 0 Å². The maximum atomic E-state index is 6.04. The average molecular weight is 230 g/mol. The number of hydrogen-bond acceptors (Lipinski definition) is 3. The summed E-state index contributed by atoms with van der Waals surface area (Å²) in [5.41, 5.74) is 9.43. The summed E-state index contributed by atoms with van der Waals surface area (Å²) in [5.74, 6) is 0.966. The molecule has 4 nitrogen and oxygen atoms in total. The van der Waals surface area contributed by atoms with Crippen LogP contribution in [0.2, 0.25) is 0 Å². The molecule has 0 spiro atoms. The monoisotopic (exact) mass is 230 g/mol. The predicted molar refractivity (Wildman–Crippen MR) is 70.3 cm³/mol. The summed E-state index contributed by atoms with van der Waals surface area (Å²) in [6.45, 7) is 4.01. The number of piperidine rings is 1. The molecule has 1 aromatic carbocycles. The van der Waals surface area contributed by atoms with Gasteiger partial charge in [0.2, 0.25) is 0 Å². The number of aryl methyl sites for hydroxylation is 1. The third-order valence-corrected chi connectivity index (χ3v) is 3.41. The van der Waals surface area contributed by atoms with Crippen molar-refractivity contribution in [2.24, 2.45) is 5.73 Å². The molecule has 1 aromatic heterocycles. The van der Waals surface area contributed by atoms with E-state index in [1.54, 1.807) is 0 Å². The highest BCUT2D eigenvalue weighted by molar-refractivity contribution is 5.88. The van der Waals surface area contributed by atoms with Crippen LogP contribution < -0.4 is 10.6 Å². The van der Waals surface area contributed by atoms with Gasteiger partial charge in [-0.15, -0.1) is 0 Å². The van der Waals surface area contributed by atoms with Crippen molar-refractivity contribution in [2.45, 2.75) is 25.8 Å². The van der Waals surface area contributed by atoms with Crippen LogP contribution >= 0.6 is 0 Å². The molecular weight excluding hydrogens is 212 g/mol. The first-order valence-electron chi connectivity index (χ1n) is 6.20. The Morgan fingerprint density at radius 2 is 2.35 bits per heavy atom. The van der Waals surface area contributed by atoms with Crippen LogP contribution in [0, 0.1) is 6.92 Å². The summed E-state index contributed by atoms with van der Waals surface area (Å²) in [6.07, 6.45) is 2.30. The number of nitrogens with one attached hydrogen (secondary N) is 1. The van der Waals surface area contributed by atoms with Crippen LogP contribution in [-0.2, 0) is 0 Å². The molecule has 3 N–H and O–H groups in total. The Bertz CT molecular complexity index is 531. The summed E-state index contributed by atoms with van der Waals surface area (Å²) in [4.78, 5) is 10.2. The van der Waals surface area contributed by atoms with E-state index in [1.165, 1.54) is 12.1 Å². The molecule has 17 heavy (non-hydrogen) atoms. The highest BCUT2D eigenvalue weighted by Gasteiger charge is 2.19. The van der Waals surface area contributed by atoms with E-state index in [4.69, 9.17) is 5.73 Å². The number of nitrogens with two attached hydrogens (primary N) is 1. The molecule has 1 aliphatic rings. The molecule has 1 fully saturated rings. The fourth-order valence-corrected chi connectivity index (χ4v) is 2.62. The minimum Gasteiger partial charge on any atom is -0.368 e. The normalized spacial score (nSPS) is 21.1. The number of fused-ring (bicyclic) bond motifs is 1. The van der Waals surface area contributed by atoms with Crippen LogP contribution in [0.25, 0.3) is 11.0 Å². The lowest BCUT2D eigenvalue weighted by Crippen LogP contribution is -2.42. The second-order valence-electron chi connectivity index (χ2n) is 4.84. The van der Waals surface area contributed by atoms with Crippen molar-refractivity contribution in [1.29, 1.82) is 0 Å².